The first-order chi connectivity index (χ1) is 12.5. The maximum absolute atomic E-state index is 13.3. The normalized spacial score (nSPS) is 25.9. The molecule has 0 bridgehead atoms. The summed E-state index contributed by atoms with van der Waals surface area (Å²) in [5.41, 5.74) is -0.483. The number of hydrogen-bond acceptors (Lipinski definition) is 5. The number of ether oxygens (including phenoxy) is 1. The molecule has 1 spiro atoms. The Kier molecular flexibility index (Phi) is 3.96. The van der Waals surface area contributed by atoms with Crippen molar-refractivity contribution in [2.75, 3.05) is 31.6 Å². The molecule has 2 atom stereocenters. The van der Waals surface area contributed by atoms with Gasteiger partial charge in [0.15, 0.2) is 0 Å². The van der Waals surface area contributed by atoms with Gasteiger partial charge in [0.2, 0.25) is 0 Å². The Bertz CT molecular complexity index is 818. The number of amides is 3. The van der Waals surface area contributed by atoms with Gasteiger partial charge in [-0.3, -0.25) is 4.79 Å². The maximum Gasteiger partial charge on any atom is 0.329 e. The van der Waals surface area contributed by atoms with E-state index in [1.807, 2.05) is 24.9 Å². The molecular weight excluding hydrogens is 334 g/mol. The van der Waals surface area contributed by atoms with Gasteiger partial charge >= 0.3 is 6.03 Å². The molecule has 3 amide bonds. The van der Waals surface area contributed by atoms with Gasteiger partial charge in [0.05, 0.1) is 24.5 Å². The second-order valence-corrected chi connectivity index (χ2v) is 6.73. The van der Waals surface area contributed by atoms with Crippen LogP contribution in [0.1, 0.15) is 18.6 Å². The fraction of sp³-hybridized carbons (Fsp3) is 0.368. The average Bonchev–Trinajstić information content (AvgIpc) is 3.30. The third-order valence-corrected chi connectivity index (χ3v) is 5.02. The number of nitrogens with zero attached hydrogens (tertiary/aromatic N) is 2. The molecule has 3 heterocycles. The van der Waals surface area contributed by atoms with Gasteiger partial charge in [-0.2, -0.15) is 0 Å². The molecule has 0 radical (unpaired) electrons. The van der Waals surface area contributed by atoms with E-state index in [9.17, 15) is 9.59 Å². The van der Waals surface area contributed by atoms with E-state index >= 15 is 0 Å². The highest BCUT2D eigenvalue weighted by atomic mass is 16.5. The number of rotatable bonds is 4. The lowest BCUT2D eigenvalue weighted by Gasteiger charge is -2.26. The van der Waals surface area contributed by atoms with Crippen LogP contribution in [0, 0.1) is 0 Å². The summed E-state index contributed by atoms with van der Waals surface area (Å²) in [7, 11) is 1.93. The number of nitrogens with one attached hydrogen (secondary N) is 1. The molecule has 2 aliphatic rings. The van der Waals surface area contributed by atoms with Gasteiger partial charge in [0.25, 0.3) is 5.91 Å². The Labute approximate surface area is 151 Å². The molecule has 7 nitrogen and oxygen atoms in total. The molecule has 0 saturated carbocycles. The summed E-state index contributed by atoms with van der Waals surface area (Å²) in [5, 5.41) is 2.94. The SMILES string of the molecule is CCOc1ccc(N2C(=O)N[C@]3(CN(C)C[C@@H]3c3ccco3)C2=O)cc1. The molecule has 2 aromatic rings. The highest BCUT2D eigenvalue weighted by molar-refractivity contribution is 6.24. The Morgan fingerprint density at radius 2 is 2.04 bits per heavy atom. The molecule has 1 N–H and O–H groups in total. The monoisotopic (exact) mass is 355 g/mol. The third-order valence-electron chi connectivity index (χ3n) is 5.02. The zero-order valence-corrected chi connectivity index (χ0v) is 14.8. The number of hydrogen-bond donors (Lipinski definition) is 1. The summed E-state index contributed by atoms with van der Waals surface area (Å²) >= 11 is 0. The van der Waals surface area contributed by atoms with Crippen LogP contribution in [-0.4, -0.2) is 49.1 Å². The molecule has 4 rings (SSSR count). The van der Waals surface area contributed by atoms with Crippen LogP contribution in [0.25, 0.3) is 0 Å². The largest absolute Gasteiger partial charge is 0.494 e. The van der Waals surface area contributed by atoms with Gasteiger partial charge < -0.3 is 19.4 Å². The number of urea groups is 1. The molecule has 26 heavy (non-hydrogen) atoms. The van der Waals surface area contributed by atoms with E-state index in [0.717, 1.165) is 0 Å². The van der Waals surface area contributed by atoms with E-state index in [4.69, 9.17) is 9.15 Å². The Morgan fingerprint density at radius 1 is 1.27 bits per heavy atom. The first-order valence-electron chi connectivity index (χ1n) is 8.66. The van der Waals surface area contributed by atoms with Crippen LogP contribution in [0.3, 0.4) is 0 Å². The number of benzene rings is 1. The van der Waals surface area contributed by atoms with E-state index < -0.39 is 11.6 Å². The fourth-order valence-corrected chi connectivity index (χ4v) is 3.92. The van der Waals surface area contributed by atoms with Crippen LogP contribution in [-0.2, 0) is 4.79 Å². The van der Waals surface area contributed by atoms with Gasteiger partial charge in [-0.05, 0) is 50.4 Å². The van der Waals surface area contributed by atoms with Gasteiger partial charge in [-0.15, -0.1) is 0 Å². The predicted molar refractivity (Wildman–Crippen MR) is 95.3 cm³/mol. The first-order valence-corrected chi connectivity index (χ1v) is 8.66. The number of imide groups is 1. The van der Waals surface area contributed by atoms with Gasteiger partial charge in [-0.1, -0.05) is 0 Å². The van der Waals surface area contributed by atoms with Crippen molar-refractivity contribution < 1.29 is 18.7 Å². The summed E-state index contributed by atoms with van der Waals surface area (Å²) in [5.74, 6) is 0.924. The molecule has 2 fully saturated rings. The smallest absolute Gasteiger partial charge is 0.329 e. The molecule has 0 unspecified atom stereocenters. The average molecular weight is 355 g/mol. The van der Waals surface area contributed by atoms with E-state index in [-0.39, 0.29) is 11.8 Å². The Balaban J connectivity index is 1.68. The molecule has 1 aromatic carbocycles. The minimum atomic E-state index is -1.01. The van der Waals surface area contributed by atoms with Crippen molar-refractivity contribution in [2.45, 2.75) is 18.4 Å². The van der Waals surface area contributed by atoms with E-state index in [1.165, 1.54) is 4.90 Å². The topological polar surface area (TPSA) is 75.0 Å². The quantitative estimate of drug-likeness (QED) is 0.851. The number of furan rings is 1. The zero-order valence-electron chi connectivity index (χ0n) is 14.8. The number of carbonyl (C=O) groups is 2. The predicted octanol–water partition coefficient (Wildman–Crippen LogP) is 2.20. The lowest BCUT2D eigenvalue weighted by molar-refractivity contribution is -0.122. The standard InChI is InChI=1S/C19H21N3O4/c1-3-25-14-8-6-13(7-9-14)22-17(23)19(20-18(22)24)12-21(2)11-15(19)16-5-4-10-26-16/h4-10,15H,3,11-12H2,1-2H3,(H,20,24)/t15-,19+/m1/s1. The second-order valence-electron chi connectivity index (χ2n) is 6.73. The molecule has 0 aliphatic carbocycles. The minimum Gasteiger partial charge on any atom is -0.494 e. The van der Waals surface area contributed by atoms with Crippen molar-refractivity contribution in [1.29, 1.82) is 0 Å². The molecule has 7 heteroatoms. The lowest BCUT2D eigenvalue weighted by atomic mass is 9.85. The van der Waals surface area contributed by atoms with Gasteiger partial charge in [0.1, 0.15) is 17.0 Å². The number of anilines is 1. The van der Waals surface area contributed by atoms with Gasteiger partial charge in [-0.25, -0.2) is 9.69 Å². The summed E-state index contributed by atoms with van der Waals surface area (Å²) in [6.07, 6.45) is 1.59. The van der Waals surface area contributed by atoms with Crippen molar-refractivity contribution in [1.82, 2.24) is 10.2 Å². The Hall–Kier alpha value is -2.80. The van der Waals surface area contributed by atoms with Crippen LogP contribution >= 0.6 is 0 Å². The molecular formula is C19H21N3O4. The van der Waals surface area contributed by atoms with Crippen LogP contribution in [0.2, 0.25) is 0 Å². The molecule has 2 aliphatic heterocycles. The van der Waals surface area contributed by atoms with Gasteiger partial charge in [0, 0.05) is 13.1 Å². The fourth-order valence-electron chi connectivity index (χ4n) is 3.92. The van der Waals surface area contributed by atoms with Crippen molar-refractivity contribution >= 4 is 17.6 Å². The highest BCUT2D eigenvalue weighted by Gasteiger charge is 2.61. The molecule has 1 aromatic heterocycles. The first kappa shape index (κ1) is 16.7. The zero-order chi connectivity index (χ0) is 18.3. The summed E-state index contributed by atoms with van der Waals surface area (Å²) < 4.78 is 11.0. The highest BCUT2D eigenvalue weighted by Crippen LogP contribution is 2.41. The van der Waals surface area contributed by atoms with Crippen LogP contribution in [0.5, 0.6) is 5.75 Å². The van der Waals surface area contributed by atoms with Crippen molar-refractivity contribution in [3.05, 3.63) is 48.4 Å². The lowest BCUT2D eigenvalue weighted by Crippen LogP contribution is -2.52. The molecule has 2 saturated heterocycles. The second kappa shape index (κ2) is 6.17. The van der Waals surface area contributed by atoms with E-state index in [1.54, 1.807) is 36.6 Å². The van der Waals surface area contributed by atoms with Crippen LogP contribution < -0.4 is 15.0 Å². The minimum absolute atomic E-state index is 0.230. The number of carbonyl (C=O) groups excluding carboxylic acids is 2. The van der Waals surface area contributed by atoms with E-state index in [0.29, 0.717) is 36.9 Å². The van der Waals surface area contributed by atoms with Crippen molar-refractivity contribution in [3.63, 3.8) is 0 Å². The number of likely N-dealkylation sites (N-methyl/N-ethyl adjacent to an activating group) is 1. The summed E-state index contributed by atoms with van der Waals surface area (Å²) in [6, 6.07) is 10.2. The molecule has 136 valence electrons. The van der Waals surface area contributed by atoms with Crippen LogP contribution in [0.15, 0.2) is 47.1 Å². The van der Waals surface area contributed by atoms with Crippen molar-refractivity contribution in [2.24, 2.45) is 0 Å². The number of likely N-dealkylation sites (tertiary alicyclic amines) is 1. The van der Waals surface area contributed by atoms with Crippen molar-refractivity contribution in [3.8, 4) is 5.75 Å². The Morgan fingerprint density at radius 3 is 2.69 bits per heavy atom. The summed E-state index contributed by atoms with van der Waals surface area (Å²) in [4.78, 5) is 29.3. The maximum atomic E-state index is 13.3. The summed E-state index contributed by atoms with van der Waals surface area (Å²) in [6.45, 7) is 3.54. The van der Waals surface area contributed by atoms with E-state index in [2.05, 4.69) is 5.32 Å². The van der Waals surface area contributed by atoms with Crippen LogP contribution in [0.4, 0.5) is 10.5 Å². The third kappa shape index (κ3) is 2.47.